The van der Waals surface area contributed by atoms with Crippen LogP contribution in [0, 0.1) is 0 Å². The third-order valence-electron chi connectivity index (χ3n) is 2.54. The van der Waals surface area contributed by atoms with Crippen LogP contribution in [0.1, 0.15) is 32.1 Å². The van der Waals surface area contributed by atoms with Gasteiger partial charge < -0.3 is 4.55 Å². The third kappa shape index (κ3) is 6.70. The standard InChI is InChI=1S/C13H18BrClOS/c14-10-4-2-1-3-5-11-17(16)13-8-6-12(15)7-9-13/h6-9H,1-5,10-11H2. The summed E-state index contributed by atoms with van der Waals surface area (Å²) >= 11 is 8.34. The Bertz CT molecular complexity index is 305. The molecule has 0 radical (unpaired) electrons. The van der Waals surface area contributed by atoms with E-state index in [2.05, 4.69) is 15.9 Å². The van der Waals surface area contributed by atoms with Crippen molar-refractivity contribution in [3.05, 3.63) is 29.3 Å². The number of halogens is 2. The third-order valence-corrected chi connectivity index (χ3v) is 4.81. The van der Waals surface area contributed by atoms with Crippen LogP contribution in [0.3, 0.4) is 0 Å². The van der Waals surface area contributed by atoms with Crippen molar-refractivity contribution in [2.24, 2.45) is 0 Å². The second-order valence-corrected chi connectivity index (χ2v) is 6.76. The zero-order chi connectivity index (χ0) is 12.5. The maximum absolute atomic E-state index is 11.9. The molecule has 1 atom stereocenters. The minimum absolute atomic E-state index is 0.695. The van der Waals surface area contributed by atoms with Crippen LogP contribution in [0.15, 0.2) is 29.2 Å². The molecule has 0 aliphatic carbocycles. The molecule has 96 valence electrons. The zero-order valence-corrected chi connectivity index (χ0v) is 13.0. The molecule has 0 aromatic heterocycles. The van der Waals surface area contributed by atoms with E-state index in [0.717, 1.165) is 22.4 Å². The van der Waals surface area contributed by atoms with E-state index in [-0.39, 0.29) is 0 Å². The van der Waals surface area contributed by atoms with E-state index in [4.69, 9.17) is 11.6 Å². The van der Waals surface area contributed by atoms with Crippen molar-refractivity contribution < 1.29 is 4.55 Å². The van der Waals surface area contributed by atoms with Crippen LogP contribution in [-0.4, -0.2) is 15.6 Å². The van der Waals surface area contributed by atoms with E-state index in [1.54, 1.807) is 12.1 Å². The van der Waals surface area contributed by atoms with Gasteiger partial charge in [0.1, 0.15) is 5.75 Å². The summed E-state index contributed by atoms with van der Waals surface area (Å²) in [6, 6.07) is 7.29. The molecule has 1 aromatic rings. The van der Waals surface area contributed by atoms with E-state index in [0.29, 0.717) is 5.02 Å². The highest BCUT2D eigenvalue weighted by atomic mass is 79.9. The quantitative estimate of drug-likeness (QED) is 0.380. The Morgan fingerprint density at radius 1 is 1.00 bits per heavy atom. The Kier molecular flexibility index (Phi) is 8.36. The molecule has 0 saturated carbocycles. The second kappa shape index (κ2) is 9.26. The van der Waals surface area contributed by atoms with Gasteiger partial charge in [-0.1, -0.05) is 40.4 Å². The Hall–Kier alpha value is 0.300. The average molecular weight is 338 g/mol. The van der Waals surface area contributed by atoms with Crippen molar-refractivity contribution >= 4 is 38.7 Å². The molecule has 17 heavy (non-hydrogen) atoms. The van der Waals surface area contributed by atoms with Crippen LogP contribution in [0.4, 0.5) is 0 Å². The lowest BCUT2D eigenvalue weighted by molar-refractivity contribution is 0.586. The van der Waals surface area contributed by atoms with Gasteiger partial charge in [-0.2, -0.15) is 0 Å². The first-order valence-electron chi connectivity index (χ1n) is 5.94. The number of benzene rings is 1. The Balaban J connectivity index is 2.16. The lowest BCUT2D eigenvalue weighted by atomic mass is 10.2. The topological polar surface area (TPSA) is 23.1 Å². The van der Waals surface area contributed by atoms with Crippen molar-refractivity contribution in [2.45, 2.75) is 37.0 Å². The summed E-state index contributed by atoms with van der Waals surface area (Å²) in [5.74, 6) is 0.760. The summed E-state index contributed by atoms with van der Waals surface area (Å²) in [6.07, 6.45) is 5.95. The SMILES string of the molecule is [O-][S+](CCCCCCCBr)c1ccc(Cl)cc1. The maximum atomic E-state index is 11.9. The normalized spacial score (nSPS) is 12.6. The molecule has 4 heteroatoms. The van der Waals surface area contributed by atoms with Crippen LogP contribution in [0.2, 0.25) is 5.02 Å². The summed E-state index contributed by atoms with van der Waals surface area (Å²) in [5.41, 5.74) is 0. The summed E-state index contributed by atoms with van der Waals surface area (Å²) < 4.78 is 11.9. The fourth-order valence-electron chi connectivity index (χ4n) is 1.56. The van der Waals surface area contributed by atoms with Gasteiger partial charge in [-0.05, 0) is 54.7 Å². The monoisotopic (exact) mass is 336 g/mol. The largest absolute Gasteiger partial charge is 0.611 e. The number of alkyl halides is 1. The molecule has 0 saturated heterocycles. The Morgan fingerprint density at radius 3 is 2.24 bits per heavy atom. The molecule has 0 N–H and O–H groups in total. The molecule has 0 aliphatic heterocycles. The van der Waals surface area contributed by atoms with Crippen molar-refractivity contribution in [3.8, 4) is 0 Å². The molecule has 1 unspecified atom stereocenters. The highest BCUT2D eigenvalue weighted by Crippen LogP contribution is 2.17. The smallest absolute Gasteiger partial charge is 0.152 e. The maximum Gasteiger partial charge on any atom is 0.152 e. The molecule has 0 bridgehead atoms. The van der Waals surface area contributed by atoms with E-state index in [9.17, 15) is 4.55 Å². The summed E-state index contributed by atoms with van der Waals surface area (Å²) in [5, 5.41) is 1.78. The first-order valence-corrected chi connectivity index (χ1v) is 8.76. The molecule has 0 spiro atoms. The number of hydrogen-bond acceptors (Lipinski definition) is 1. The molecular formula is C13H18BrClOS. The van der Waals surface area contributed by atoms with Crippen LogP contribution in [0.5, 0.6) is 0 Å². The van der Waals surface area contributed by atoms with Gasteiger partial charge in [0, 0.05) is 10.4 Å². The van der Waals surface area contributed by atoms with Gasteiger partial charge in [0.15, 0.2) is 4.90 Å². The van der Waals surface area contributed by atoms with Gasteiger partial charge in [-0.15, -0.1) is 0 Å². The number of rotatable bonds is 8. The Morgan fingerprint density at radius 2 is 1.59 bits per heavy atom. The summed E-state index contributed by atoms with van der Waals surface area (Å²) in [4.78, 5) is 0.884. The van der Waals surface area contributed by atoms with E-state index in [1.807, 2.05) is 12.1 Å². The molecule has 0 fully saturated rings. The molecule has 1 rings (SSSR count). The minimum Gasteiger partial charge on any atom is -0.611 e. The predicted octanol–water partition coefficient (Wildman–Crippen LogP) is 4.79. The van der Waals surface area contributed by atoms with Crippen molar-refractivity contribution in [2.75, 3.05) is 11.1 Å². The highest BCUT2D eigenvalue weighted by Gasteiger charge is 2.09. The van der Waals surface area contributed by atoms with Crippen molar-refractivity contribution in [3.63, 3.8) is 0 Å². The van der Waals surface area contributed by atoms with Crippen molar-refractivity contribution in [1.29, 1.82) is 0 Å². The summed E-state index contributed by atoms with van der Waals surface area (Å²) in [6.45, 7) is 0. The molecule has 1 nitrogen and oxygen atoms in total. The highest BCUT2D eigenvalue weighted by molar-refractivity contribution is 9.09. The lowest BCUT2D eigenvalue weighted by Gasteiger charge is -2.10. The minimum atomic E-state index is -0.867. The van der Waals surface area contributed by atoms with Gasteiger partial charge in [0.25, 0.3) is 0 Å². The van der Waals surface area contributed by atoms with Crippen LogP contribution < -0.4 is 0 Å². The van der Waals surface area contributed by atoms with Gasteiger partial charge in [-0.3, -0.25) is 0 Å². The van der Waals surface area contributed by atoms with Crippen LogP contribution in [0.25, 0.3) is 0 Å². The first kappa shape index (κ1) is 15.4. The number of unbranched alkanes of at least 4 members (excludes halogenated alkanes) is 4. The molecule has 0 heterocycles. The average Bonchev–Trinajstić information content (AvgIpc) is 2.34. The zero-order valence-electron chi connectivity index (χ0n) is 9.83. The van der Waals surface area contributed by atoms with E-state index < -0.39 is 11.2 Å². The van der Waals surface area contributed by atoms with E-state index in [1.165, 1.54) is 25.7 Å². The van der Waals surface area contributed by atoms with Gasteiger partial charge in [0.05, 0.1) is 0 Å². The van der Waals surface area contributed by atoms with Gasteiger partial charge >= 0.3 is 0 Å². The van der Waals surface area contributed by atoms with Gasteiger partial charge in [0.2, 0.25) is 0 Å². The van der Waals surface area contributed by atoms with Crippen molar-refractivity contribution in [1.82, 2.24) is 0 Å². The number of hydrogen-bond donors (Lipinski definition) is 0. The molecule has 1 aromatic carbocycles. The first-order chi connectivity index (χ1) is 8.24. The molecule has 0 aliphatic rings. The molecule has 0 amide bonds. The van der Waals surface area contributed by atoms with Crippen LogP contribution in [-0.2, 0) is 11.2 Å². The van der Waals surface area contributed by atoms with E-state index >= 15 is 0 Å². The fraction of sp³-hybridized carbons (Fsp3) is 0.538. The second-order valence-electron chi connectivity index (χ2n) is 3.96. The van der Waals surface area contributed by atoms with Gasteiger partial charge in [-0.25, -0.2) is 0 Å². The predicted molar refractivity (Wildman–Crippen MR) is 79.6 cm³/mol. The summed E-state index contributed by atoms with van der Waals surface area (Å²) in [7, 11) is 0. The Labute approximate surface area is 120 Å². The van der Waals surface area contributed by atoms with Crippen LogP contribution >= 0.6 is 27.5 Å². The fourth-order valence-corrected chi connectivity index (χ4v) is 3.23. The lowest BCUT2D eigenvalue weighted by Crippen LogP contribution is -2.06. The molecular weight excluding hydrogens is 320 g/mol.